The molecule has 1 saturated heterocycles. The summed E-state index contributed by atoms with van der Waals surface area (Å²) < 4.78 is 18.7. The lowest BCUT2D eigenvalue weighted by Gasteiger charge is -2.26. The molecule has 1 amide bonds. The Kier molecular flexibility index (Phi) is 5.76. The van der Waals surface area contributed by atoms with Gasteiger partial charge in [-0.1, -0.05) is 17.7 Å². The lowest BCUT2D eigenvalue weighted by molar-refractivity contribution is -0.135. The van der Waals surface area contributed by atoms with Crippen molar-refractivity contribution in [2.45, 2.75) is 13.0 Å². The topological polar surface area (TPSA) is 41.6 Å². The number of hydrogen-bond acceptors (Lipinski definition) is 3. The standard InChI is InChI=1S/C14H18ClFN2O2/c15-12-2-1-11(13(16)9-12)10-17-4-3-14(19)18-5-7-20-8-6-18/h1-2,9,17H,3-8,10H2. The Labute approximate surface area is 122 Å². The van der Waals surface area contributed by atoms with Crippen LogP contribution in [0.15, 0.2) is 18.2 Å². The molecule has 0 atom stereocenters. The molecule has 0 bridgehead atoms. The normalized spacial score (nSPS) is 15.4. The van der Waals surface area contributed by atoms with Crippen molar-refractivity contribution >= 4 is 17.5 Å². The number of ether oxygens (including phenoxy) is 1. The first kappa shape index (κ1) is 15.2. The Morgan fingerprint density at radius 2 is 2.15 bits per heavy atom. The lowest BCUT2D eigenvalue weighted by Crippen LogP contribution is -2.41. The maximum atomic E-state index is 13.5. The van der Waals surface area contributed by atoms with Gasteiger partial charge in [0, 0.05) is 43.2 Å². The minimum atomic E-state index is -0.329. The van der Waals surface area contributed by atoms with Gasteiger partial charge >= 0.3 is 0 Å². The fraction of sp³-hybridized carbons (Fsp3) is 0.500. The van der Waals surface area contributed by atoms with E-state index in [-0.39, 0.29) is 11.7 Å². The summed E-state index contributed by atoms with van der Waals surface area (Å²) in [5.41, 5.74) is 0.549. The summed E-state index contributed by atoms with van der Waals surface area (Å²) in [5.74, 6) is -0.220. The molecule has 0 radical (unpaired) electrons. The van der Waals surface area contributed by atoms with Crippen LogP contribution in [0.5, 0.6) is 0 Å². The molecule has 0 unspecified atom stereocenters. The van der Waals surface area contributed by atoms with Crippen LogP contribution in [0, 0.1) is 5.82 Å². The summed E-state index contributed by atoms with van der Waals surface area (Å²) in [7, 11) is 0. The van der Waals surface area contributed by atoms with E-state index in [2.05, 4.69) is 5.32 Å². The van der Waals surface area contributed by atoms with E-state index in [1.54, 1.807) is 17.0 Å². The molecule has 0 spiro atoms. The molecule has 2 rings (SSSR count). The number of nitrogens with one attached hydrogen (secondary N) is 1. The summed E-state index contributed by atoms with van der Waals surface area (Å²) in [6.45, 7) is 3.44. The molecule has 20 heavy (non-hydrogen) atoms. The molecule has 1 heterocycles. The molecule has 1 aliphatic heterocycles. The molecular formula is C14H18ClFN2O2. The van der Waals surface area contributed by atoms with Crippen LogP contribution in [-0.4, -0.2) is 43.7 Å². The predicted molar refractivity (Wildman–Crippen MR) is 75.1 cm³/mol. The Bertz CT molecular complexity index is 464. The van der Waals surface area contributed by atoms with Crippen molar-refractivity contribution in [2.75, 3.05) is 32.8 Å². The van der Waals surface area contributed by atoms with Gasteiger partial charge in [0.05, 0.1) is 13.2 Å². The molecule has 1 N–H and O–H groups in total. The number of benzene rings is 1. The summed E-state index contributed by atoms with van der Waals surface area (Å²) in [6, 6.07) is 4.59. The first-order valence-corrected chi connectivity index (χ1v) is 7.05. The van der Waals surface area contributed by atoms with E-state index in [1.807, 2.05) is 0 Å². The van der Waals surface area contributed by atoms with Crippen molar-refractivity contribution < 1.29 is 13.9 Å². The van der Waals surface area contributed by atoms with Crippen molar-refractivity contribution in [1.82, 2.24) is 10.2 Å². The second-order valence-electron chi connectivity index (χ2n) is 4.66. The molecule has 1 aliphatic rings. The van der Waals surface area contributed by atoms with Crippen LogP contribution in [-0.2, 0) is 16.1 Å². The molecule has 1 fully saturated rings. The zero-order valence-corrected chi connectivity index (χ0v) is 12.0. The Morgan fingerprint density at radius 1 is 1.40 bits per heavy atom. The van der Waals surface area contributed by atoms with Crippen molar-refractivity contribution in [2.24, 2.45) is 0 Å². The largest absolute Gasteiger partial charge is 0.378 e. The van der Waals surface area contributed by atoms with Crippen LogP contribution in [0.2, 0.25) is 5.02 Å². The molecule has 1 aromatic rings. The van der Waals surface area contributed by atoms with E-state index in [4.69, 9.17) is 16.3 Å². The van der Waals surface area contributed by atoms with E-state index >= 15 is 0 Å². The van der Waals surface area contributed by atoms with Crippen molar-refractivity contribution in [3.63, 3.8) is 0 Å². The number of nitrogens with zero attached hydrogens (tertiary/aromatic N) is 1. The minimum absolute atomic E-state index is 0.109. The summed E-state index contributed by atoms with van der Waals surface area (Å²) in [4.78, 5) is 13.7. The molecule has 6 heteroatoms. The number of halogens is 2. The van der Waals surface area contributed by atoms with Crippen LogP contribution in [0.1, 0.15) is 12.0 Å². The van der Waals surface area contributed by atoms with E-state index < -0.39 is 0 Å². The van der Waals surface area contributed by atoms with Crippen LogP contribution in [0.4, 0.5) is 4.39 Å². The van der Waals surface area contributed by atoms with Crippen molar-refractivity contribution in [3.05, 3.63) is 34.6 Å². The molecule has 0 aromatic heterocycles. The minimum Gasteiger partial charge on any atom is -0.378 e. The highest BCUT2D eigenvalue weighted by Crippen LogP contribution is 2.14. The smallest absolute Gasteiger partial charge is 0.224 e. The number of rotatable bonds is 5. The van der Waals surface area contributed by atoms with Gasteiger partial charge in [0.25, 0.3) is 0 Å². The second-order valence-corrected chi connectivity index (χ2v) is 5.09. The second kappa shape index (κ2) is 7.57. The number of carbonyl (C=O) groups is 1. The number of carbonyl (C=O) groups excluding carboxylic acids is 1. The fourth-order valence-electron chi connectivity index (χ4n) is 2.05. The molecule has 1 aromatic carbocycles. The van der Waals surface area contributed by atoms with Crippen molar-refractivity contribution in [1.29, 1.82) is 0 Å². The predicted octanol–water partition coefficient (Wildman–Crippen LogP) is 1.82. The van der Waals surface area contributed by atoms with Gasteiger partial charge in [-0.15, -0.1) is 0 Å². The number of hydrogen-bond donors (Lipinski definition) is 1. The lowest BCUT2D eigenvalue weighted by atomic mass is 10.2. The van der Waals surface area contributed by atoms with Crippen LogP contribution >= 0.6 is 11.6 Å². The van der Waals surface area contributed by atoms with Crippen LogP contribution in [0.25, 0.3) is 0 Å². The van der Waals surface area contributed by atoms with Gasteiger partial charge in [0.1, 0.15) is 5.82 Å². The van der Waals surface area contributed by atoms with Crippen LogP contribution in [0.3, 0.4) is 0 Å². The molecule has 0 saturated carbocycles. The maximum absolute atomic E-state index is 13.5. The zero-order chi connectivity index (χ0) is 14.4. The van der Waals surface area contributed by atoms with Gasteiger partial charge < -0.3 is 15.0 Å². The molecular weight excluding hydrogens is 283 g/mol. The number of morpholine rings is 1. The van der Waals surface area contributed by atoms with Crippen LogP contribution < -0.4 is 5.32 Å². The Balaban J connectivity index is 1.69. The average Bonchev–Trinajstić information content (AvgIpc) is 2.46. The highest BCUT2D eigenvalue weighted by atomic mass is 35.5. The first-order chi connectivity index (χ1) is 9.66. The third kappa shape index (κ3) is 4.44. The summed E-state index contributed by atoms with van der Waals surface area (Å²) in [5, 5.41) is 3.45. The van der Waals surface area contributed by atoms with E-state index in [0.29, 0.717) is 56.4 Å². The third-order valence-corrected chi connectivity index (χ3v) is 3.45. The van der Waals surface area contributed by atoms with Gasteiger partial charge in [-0.25, -0.2) is 4.39 Å². The molecule has 4 nitrogen and oxygen atoms in total. The Morgan fingerprint density at radius 3 is 2.85 bits per heavy atom. The highest BCUT2D eigenvalue weighted by Gasteiger charge is 2.15. The average molecular weight is 301 g/mol. The summed E-state index contributed by atoms with van der Waals surface area (Å²) >= 11 is 5.69. The van der Waals surface area contributed by atoms with Gasteiger partial charge in [-0.2, -0.15) is 0 Å². The third-order valence-electron chi connectivity index (χ3n) is 3.21. The Hall–Kier alpha value is -1.17. The van der Waals surface area contributed by atoms with Gasteiger partial charge in [0.2, 0.25) is 5.91 Å². The van der Waals surface area contributed by atoms with Gasteiger partial charge in [-0.3, -0.25) is 4.79 Å². The van der Waals surface area contributed by atoms with Gasteiger partial charge in [-0.05, 0) is 12.1 Å². The highest BCUT2D eigenvalue weighted by molar-refractivity contribution is 6.30. The van der Waals surface area contributed by atoms with Gasteiger partial charge in [0.15, 0.2) is 0 Å². The maximum Gasteiger partial charge on any atom is 0.224 e. The quantitative estimate of drug-likeness (QED) is 0.844. The molecule has 0 aliphatic carbocycles. The van der Waals surface area contributed by atoms with Crippen molar-refractivity contribution in [3.8, 4) is 0 Å². The van der Waals surface area contributed by atoms with E-state index in [9.17, 15) is 9.18 Å². The first-order valence-electron chi connectivity index (χ1n) is 6.67. The zero-order valence-electron chi connectivity index (χ0n) is 11.2. The number of amides is 1. The van der Waals surface area contributed by atoms with E-state index in [1.165, 1.54) is 6.07 Å². The fourth-order valence-corrected chi connectivity index (χ4v) is 2.21. The molecule has 110 valence electrons. The monoisotopic (exact) mass is 300 g/mol. The van der Waals surface area contributed by atoms with E-state index in [0.717, 1.165) is 0 Å². The SMILES string of the molecule is O=C(CCNCc1ccc(Cl)cc1F)N1CCOCC1. The summed E-state index contributed by atoms with van der Waals surface area (Å²) in [6.07, 6.45) is 0.412.